The first-order chi connectivity index (χ1) is 10.5. The number of hydrogen-bond acceptors (Lipinski definition) is 3. The summed E-state index contributed by atoms with van der Waals surface area (Å²) < 4.78 is 1.17. The van der Waals surface area contributed by atoms with Crippen LogP contribution >= 0.6 is 23.2 Å². The number of nitrogens with zero attached hydrogens (tertiary/aromatic N) is 4. The molecular formula is C16H14Cl2N4. The van der Waals surface area contributed by atoms with E-state index in [1.807, 2.05) is 35.3 Å². The standard InChI is InChI=1S/C16H14Cl2N4/c1-15(9-16(15,17)18)10-22-8-14(20-21-22)12-2-3-13-7-19-5-4-11(13)6-12/h2-8H,9-10H2,1H3. The highest BCUT2D eigenvalue weighted by Gasteiger charge is 2.63. The van der Waals surface area contributed by atoms with Crippen molar-refractivity contribution < 1.29 is 0 Å². The molecule has 0 N–H and O–H groups in total. The van der Waals surface area contributed by atoms with Crippen molar-refractivity contribution in [1.82, 2.24) is 20.0 Å². The average molecular weight is 333 g/mol. The summed E-state index contributed by atoms with van der Waals surface area (Å²) in [6, 6.07) is 8.16. The summed E-state index contributed by atoms with van der Waals surface area (Å²) in [5.41, 5.74) is 1.75. The van der Waals surface area contributed by atoms with Crippen LogP contribution in [0.5, 0.6) is 0 Å². The van der Waals surface area contributed by atoms with Gasteiger partial charge in [0.15, 0.2) is 0 Å². The summed E-state index contributed by atoms with van der Waals surface area (Å²) in [5, 5.41) is 10.7. The monoisotopic (exact) mass is 332 g/mol. The molecule has 2 aromatic heterocycles. The highest BCUT2D eigenvalue weighted by Crippen LogP contribution is 2.64. The molecule has 2 heterocycles. The Kier molecular flexibility index (Phi) is 2.97. The Morgan fingerprint density at radius 2 is 2.05 bits per heavy atom. The Labute approximate surface area is 138 Å². The maximum atomic E-state index is 6.19. The van der Waals surface area contributed by atoms with Crippen LogP contribution in [0.3, 0.4) is 0 Å². The average Bonchev–Trinajstić information content (AvgIpc) is 2.84. The fraction of sp³-hybridized carbons (Fsp3) is 0.312. The van der Waals surface area contributed by atoms with E-state index in [-0.39, 0.29) is 5.41 Å². The maximum absolute atomic E-state index is 6.19. The van der Waals surface area contributed by atoms with Gasteiger partial charge in [-0.05, 0) is 23.9 Å². The van der Waals surface area contributed by atoms with Gasteiger partial charge in [-0.2, -0.15) is 0 Å². The predicted molar refractivity (Wildman–Crippen MR) is 87.9 cm³/mol. The van der Waals surface area contributed by atoms with Crippen molar-refractivity contribution in [1.29, 1.82) is 0 Å². The predicted octanol–water partition coefficient (Wildman–Crippen LogP) is 4.08. The highest BCUT2D eigenvalue weighted by atomic mass is 35.5. The van der Waals surface area contributed by atoms with Gasteiger partial charge < -0.3 is 0 Å². The second-order valence-electron chi connectivity index (χ2n) is 6.18. The molecule has 4 nitrogen and oxygen atoms in total. The summed E-state index contributed by atoms with van der Waals surface area (Å²) in [6.07, 6.45) is 6.36. The van der Waals surface area contributed by atoms with Gasteiger partial charge in [0.05, 0.1) is 12.7 Å². The molecule has 0 bridgehead atoms. The first-order valence-electron chi connectivity index (χ1n) is 7.09. The van der Waals surface area contributed by atoms with E-state index in [0.717, 1.165) is 28.5 Å². The van der Waals surface area contributed by atoms with Gasteiger partial charge in [0, 0.05) is 28.8 Å². The van der Waals surface area contributed by atoms with E-state index in [2.05, 4.69) is 28.3 Å². The summed E-state index contributed by atoms with van der Waals surface area (Å²) in [6.45, 7) is 2.74. The van der Waals surface area contributed by atoms with Gasteiger partial charge in [-0.1, -0.05) is 24.3 Å². The molecule has 0 radical (unpaired) electrons. The van der Waals surface area contributed by atoms with E-state index in [1.54, 1.807) is 6.20 Å². The topological polar surface area (TPSA) is 43.6 Å². The van der Waals surface area contributed by atoms with E-state index in [0.29, 0.717) is 6.54 Å². The van der Waals surface area contributed by atoms with Gasteiger partial charge in [-0.15, -0.1) is 28.3 Å². The Morgan fingerprint density at radius 3 is 2.82 bits per heavy atom. The number of rotatable bonds is 3. The van der Waals surface area contributed by atoms with Crippen molar-refractivity contribution in [3.63, 3.8) is 0 Å². The summed E-state index contributed by atoms with van der Waals surface area (Å²) >= 11 is 12.4. The molecule has 112 valence electrons. The molecule has 1 aliphatic rings. The number of halogens is 2. The fourth-order valence-electron chi connectivity index (χ4n) is 2.73. The molecule has 6 heteroatoms. The Hall–Kier alpha value is -1.65. The number of fused-ring (bicyclic) bond motifs is 1. The van der Waals surface area contributed by atoms with Crippen LogP contribution in [0.2, 0.25) is 0 Å². The fourth-order valence-corrected chi connectivity index (χ4v) is 3.43. The molecule has 22 heavy (non-hydrogen) atoms. The molecular weight excluding hydrogens is 319 g/mol. The number of aromatic nitrogens is 4. The van der Waals surface area contributed by atoms with Crippen LogP contribution in [-0.4, -0.2) is 24.3 Å². The molecule has 0 amide bonds. The van der Waals surface area contributed by atoms with Gasteiger partial charge in [-0.25, -0.2) is 0 Å². The van der Waals surface area contributed by atoms with Crippen molar-refractivity contribution in [2.24, 2.45) is 5.41 Å². The Bertz CT molecular complexity index is 858. The SMILES string of the molecule is CC1(Cn2cc(-c3ccc4cnccc4c3)nn2)CC1(Cl)Cl. The summed E-state index contributed by atoms with van der Waals surface area (Å²) in [4.78, 5) is 4.12. The van der Waals surface area contributed by atoms with E-state index in [9.17, 15) is 0 Å². The van der Waals surface area contributed by atoms with Crippen molar-refractivity contribution >= 4 is 34.0 Å². The number of hydrogen-bond donors (Lipinski definition) is 0. The lowest BCUT2D eigenvalue weighted by molar-refractivity contribution is 0.419. The van der Waals surface area contributed by atoms with Crippen LogP contribution in [0.15, 0.2) is 42.9 Å². The van der Waals surface area contributed by atoms with Crippen LogP contribution in [0.25, 0.3) is 22.0 Å². The first-order valence-corrected chi connectivity index (χ1v) is 7.85. The third-order valence-corrected chi connectivity index (χ3v) is 5.54. The van der Waals surface area contributed by atoms with Gasteiger partial charge in [0.1, 0.15) is 10.0 Å². The molecule has 1 atom stereocenters. The number of alkyl halides is 2. The third kappa shape index (κ3) is 2.27. The Balaban J connectivity index is 1.63. The van der Waals surface area contributed by atoms with Crippen molar-refractivity contribution in [2.45, 2.75) is 24.2 Å². The van der Waals surface area contributed by atoms with Crippen LogP contribution in [0.1, 0.15) is 13.3 Å². The molecule has 1 fully saturated rings. The molecule has 0 spiro atoms. The summed E-state index contributed by atoms with van der Waals surface area (Å²) in [5.74, 6) is 0. The lowest BCUT2D eigenvalue weighted by Crippen LogP contribution is -2.14. The van der Waals surface area contributed by atoms with Gasteiger partial charge >= 0.3 is 0 Å². The largest absolute Gasteiger partial charge is 0.264 e. The second-order valence-corrected chi connectivity index (χ2v) is 7.66. The summed E-state index contributed by atoms with van der Waals surface area (Å²) in [7, 11) is 0. The zero-order valence-corrected chi connectivity index (χ0v) is 13.5. The molecule has 0 aliphatic heterocycles. The van der Waals surface area contributed by atoms with E-state index >= 15 is 0 Å². The second kappa shape index (κ2) is 4.67. The van der Waals surface area contributed by atoms with Gasteiger partial charge in [0.25, 0.3) is 0 Å². The minimum absolute atomic E-state index is 0.129. The van der Waals surface area contributed by atoms with Gasteiger partial charge in [-0.3, -0.25) is 9.67 Å². The van der Waals surface area contributed by atoms with E-state index < -0.39 is 4.33 Å². The minimum Gasteiger partial charge on any atom is -0.264 e. The number of benzene rings is 1. The molecule has 1 saturated carbocycles. The van der Waals surface area contributed by atoms with Crippen LogP contribution < -0.4 is 0 Å². The number of pyridine rings is 1. The lowest BCUT2D eigenvalue weighted by Gasteiger charge is -2.10. The van der Waals surface area contributed by atoms with E-state index in [1.165, 1.54) is 0 Å². The van der Waals surface area contributed by atoms with Crippen molar-refractivity contribution in [2.75, 3.05) is 0 Å². The van der Waals surface area contributed by atoms with Crippen molar-refractivity contribution in [3.05, 3.63) is 42.9 Å². The van der Waals surface area contributed by atoms with Crippen molar-refractivity contribution in [3.8, 4) is 11.3 Å². The molecule has 3 aromatic rings. The molecule has 1 unspecified atom stereocenters. The van der Waals surface area contributed by atoms with Crippen LogP contribution in [-0.2, 0) is 6.54 Å². The Morgan fingerprint density at radius 1 is 1.23 bits per heavy atom. The molecule has 0 saturated heterocycles. The zero-order chi connectivity index (χ0) is 15.4. The van der Waals surface area contributed by atoms with Gasteiger partial charge in [0.2, 0.25) is 0 Å². The third-order valence-electron chi connectivity index (χ3n) is 4.36. The highest BCUT2D eigenvalue weighted by molar-refractivity contribution is 6.51. The minimum atomic E-state index is -0.644. The van der Waals surface area contributed by atoms with E-state index in [4.69, 9.17) is 23.2 Å². The molecule has 1 aromatic carbocycles. The molecule has 1 aliphatic carbocycles. The smallest absolute Gasteiger partial charge is 0.126 e. The maximum Gasteiger partial charge on any atom is 0.126 e. The quantitative estimate of drug-likeness (QED) is 0.679. The van der Waals surface area contributed by atoms with Crippen LogP contribution in [0, 0.1) is 5.41 Å². The lowest BCUT2D eigenvalue weighted by atomic mass is 10.1. The zero-order valence-electron chi connectivity index (χ0n) is 12.0. The first kappa shape index (κ1) is 14.0. The van der Waals surface area contributed by atoms with Crippen LogP contribution in [0.4, 0.5) is 0 Å². The normalized spacial score (nSPS) is 22.9. The molecule has 4 rings (SSSR count).